The van der Waals surface area contributed by atoms with Gasteiger partial charge in [0.1, 0.15) is 6.10 Å². The van der Waals surface area contributed by atoms with Crippen LogP contribution in [0.2, 0.25) is 0 Å². The summed E-state index contributed by atoms with van der Waals surface area (Å²) in [4.78, 5) is 4.47. The normalized spacial score (nSPS) is 25.6. The molecule has 1 aliphatic carbocycles. The van der Waals surface area contributed by atoms with Gasteiger partial charge in [-0.3, -0.25) is 5.26 Å². The maximum atomic E-state index is 8.78. The van der Waals surface area contributed by atoms with Gasteiger partial charge in [-0.05, 0) is 18.4 Å². The van der Waals surface area contributed by atoms with E-state index >= 15 is 0 Å². The minimum atomic E-state index is -0.155. The second-order valence-corrected chi connectivity index (χ2v) is 4.26. The van der Waals surface area contributed by atoms with Gasteiger partial charge in [-0.1, -0.05) is 43.2 Å². The van der Waals surface area contributed by atoms with Crippen LogP contribution >= 0.6 is 0 Å². The van der Waals surface area contributed by atoms with Crippen LogP contribution in [0.15, 0.2) is 30.3 Å². The first-order valence-electron chi connectivity index (χ1n) is 5.86. The van der Waals surface area contributed by atoms with E-state index in [-0.39, 0.29) is 12.2 Å². The molecule has 1 fully saturated rings. The lowest BCUT2D eigenvalue weighted by Crippen LogP contribution is -2.33. The van der Waals surface area contributed by atoms with E-state index in [1.54, 1.807) is 0 Å². The lowest BCUT2D eigenvalue weighted by atomic mass is 9.95. The van der Waals surface area contributed by atoms with Gasteiger partial charge in [0, 0.05) is 0 Å². The standard InChI is InChI=1S/C13H18O3/c14-16-13-9-5-4-8-12(13)15-10-11-6-2-1-3-7-11/h1-3,6-7,12-14H,4-5,8-10H2/t12-,13-/m0/s1. The Balaban J connectivity index is 1.84. The molecule has 0 heterocycles. The van der Waals surface area contributed by atoms with Crippen molar-refractivity contribution in [1.82, 2.24) is 0 Å². The minimum Gasteiger partial charge on any atom is -0.371 e. The Kier molecular flexibility index (Phi) is 4.34. The molecular formula is C13H18O3. The molecular weight excluding hydrogens is 204 g/mol. The molecule has 16 heavy (non-hydrogen) atoms. The van der Waals surface area contributed by atoms with Gasteiger partial charge in [-0.25, -0.2) is 4.89 Å². The molecule has 2 atom stereocenters. The van der Waals surface area contributed by atoms with Crippen molar-refractivity contribution in [2.24, 2.45) is 0 Å². The summed E-state index contributed by atoms with van der Waals surface area (Å²) in [5, 5.41) is 8.78. The van der Waals surface area contributed by atoms with Crippen LogP contribution in [0.5, 0.6) is 0 Å². The molecule has 2 rings (SSSR count). The molecule has 1 aliphatic rings. The fourth-order valence-corrected chi connectivity index (χ4v) is 2.15. The quantitative estimate of drug-likeness (QED) is 0.628. The maximum absolute atomic E-state index is 8.78. The van der Waals surface area contributed by atoms with E-state index in [0.29, 0.717) is 6.61 Å². The topological polar surface area (TPSA) is 38.7 Å². The van der Waals surface area contributed by atoms with Crippen LogP contribution in [0.25, 0.3) is 0 Å². The Hall–Kier alpha value is -0.900. The molecule has 1 saturated carbocycles. The van der Waals surface area contributed by atoms with Crippen molar-refractivity contribution < 1.29 is 14.9 Å². The third kappa shape index (κ3) is 3.04. The highest BCUT2D eigenvalue weighted by Gasteiger charge is 2.26. The summed E-state index contributed by atoms with van der Waals surface area (Å²) < 4.78 is 5.79. The van der Waals surface area contributed by atoms with Crippen molar-refractivity contribution in [3.8, 4) is 0 Å². The van der Waals surface area contributed by atoms with Crippen molar-refractivity contribution in [1.29, 1.82) is 0 Å². The van der Waals surface area contributed by atoms with Gasteiger partial charge >= 0.3 is 0 Å². The van der Waals surface area contributed by atoms with Gasteiger partial charge in [-0.2, -0.15) is 0 Å². The molecule has 0 amide bonds. The van der Waals surface area contributed by atoms with Crippen LogP contribution in [0, 0.1) is 0 Å². The molecule has 0 bridgehead atoms. The number of hydrogen-bond acceptors (Lipinski definition) is 3. The molecule has 3 nitrogen and oxygen atoms in total. The number of ether oxygens (including phenoxy) is 1. The highest BCUT2D eigenvalue weighted by molar-refractivity contribution is 5.13. The molecule has 0 saturated heterocycles. The van der Waals surface area contributed by atoms with E-state index < -0.39 is 0 Å². The Morgan fingerprint density at radius 3 is 2.44 bits per heavy atom. The highest BCUT2D eigenvalue weighted by atomic mass is 17.1. The molecule has 0 spiro atoms. The zero-order chi connectivity index (χ0) is 11.2. The summed E-state index contributed by atoms with van der Waals surface area (Å²) in [6.45, 7) is 0.589. The van der Waals surface area contributed by atoms with E-state index in [1.807, 2.05) is 30.3 Å². The van der Waals surface area contributed by atoms with Crippen LogP contribution in [0.1, 0.15) is 31.2 Å². The summed E-state index contributed by atoms with van der Waals surface area (Å²) >= 11 is 0. The average Bonchev–Trinajstić information content (AvgIpc) is 2.38. The third-order valence-electron chi connectivity index (χ3n) is 3.08. The molecule has 1 N–H and O–H groups in total. The highest BCUT2D eigenvalue weighted by Crippen LogP contribution is 2.24. The van der Waals surface area contributed by atoms with E-state index in [0.717, 1.165) is 31.2 Å². The molecule has 1 aromatic rings. The van der Waals surface area contributed by atoms with Crippen LogP contribution in [-0.2, 0) is 16.2 Å². The zero-order valence-corrected chi connectivity index (χ0v) is 9.34. The summed E-state index contributed by atoms with van der Waals surface area (Å²) in [6, 6.07) is 10.1. The number of hydrogen-bond donors (Lipinski definition) is 1. The van der Waals surface area contributed by atoms with Crippen LogP contribution in [0.4, 0.5) is 0 Å². The molecule has 0 unspecified atom stereocenters. The zero-order valence-electron chi connectivity index (χ0n) is 9.34. The minimum absolute atomic E-state index is 0.0268. The smallest absolute Gasteiger partial charge is 0.119 e. The second-order valence-electron chi connectivity index (χ2n) is 4.26. The SMILES string of the molecule is OO[C@H]1CCCC[C@@H]1OCc1ccccc1. The molecule has 0 radical (unpaired) electrons. The van der Waals surface area contributed by atoms with Crippen molar-refractivity contribution in [3.05, 3.63) is 35.9 Å². The van der Waals surface area contributed by atoms with Gasteiger partial charge in [0.15, 0.2) is 0 Å². The first kappa shape index (κ1) is 11.6. The lowest BCUT2D eigenvalue weighted by Gasteiger charge is -2.28. The first-order valence-corrected chi connectivity index (χ1v) is 5.86. The fourth-order valence-electron chi connectivity index (χ4n) is 2.15. The average molecular weight is 222 g/mol. The van der Waals surface area contributed by atoms with Gasteiger partial charge in [-0.15, -0.1) is 0 Å². The maximum Gasteiger partial charge on any atom is 0.119 e. The summed E-state index contributed by atoms with van der Waals surface area (Å²) in [6.07, 6.45) is 3.99. The van der Waals surface area contributed by atoms with E-state index in [4.69, 9.17) is 9.99 Å². The first-order chi connectivity index (χ1) is 7.90. The molecule has 3 heteroatoms. The summed E-state index contributed by atoms with van der Waals surface area (Å²) in [5.74, 6) is 0. The Morgan fingerprint density at radius 1 is 1.06 bits per heavy atom. The summed E-state index contributed by atoms with van der Waals surface area (Å²) in [7, 11) is 0. The van der Waals surface area contributed by atoms with Crippen molar-refractivity contribution in [2.45, 2.75) is 44.5 Å². The molecule has 88 valence electrons. The number of rotatable bonds is 4. The molecule has 1 aromatic carbocycles. The van der Waals surface area contributed by atoms with E-state index in [1.165, 1.54) is 0 Å². The van der Waals surface area contributed by atoms with Crippen molar-refractivity contribution >= 4 is 0 Å². The number of benzene rings is 1. The fraction of sp³-hybridized carbons (Fsp3) is 0.538. The summed E-state index contributed by atoms with van der Waals surface area (Å²) in [5.41, 5.74) is 1.16. The van der Waals surface area contributed by atoms with Gasteiger partial charge in [0.05, 0.1) is 12.7 Å². The predicted molar refractivity (Wildman–Crippen MR) is 61.0 cm³/mol. The Bertz CT molecular complexity index is 299. The largest absolute Gasteiger partial charge is 0.371 e. The Labute approximate surface area is 95.9 Å². The third-order valence-corrected chi connectivity index (χ3v) is 3.08. The van der Waals surface area contributed by atoms with E-state index in [9.17, 15) is 0 Å². The second kappa shape index (κ2) is 5.99. The lowest BCUT2D eigenvalue weighted by molar-refractivity contribution is -0.306. The van der Waals surface area contributed by atoms with Gasteiger partial charge < -0.3 is 4.74 Å². The molecule has 0 aliphatic heterocycles. The molecule has 0 aromatic heterocycles. The Morgan fingerprint density at radius 2 is 1.75 bits per heavy atom. The monoisotopic (exact) mass is 222 g/mol. The van der Waals surface area contributed by atoms with Crippen LogP contribution in [-0.4, -0.2) is 17.5 Å². The predicted octanol–water partition coefficient (Wildman–Crippen LogP) is 3.00. The van der Waals surface area contributed by atoms with E-state index in [2.05, 4.69) is 4.89 Å². The van der Waals surface area contributed by atoms with Crippen molar-refractivity contribution in [3.63, 3.8) is 0 Å². The van der Waals surface area contributed by atoms with Gasteiger partial charge in [0.2, 0.25) is 0 Å². The van der Waals surface area contributed by atoms with Crippen LogP contribution < -0.4 is 0 Å². The van der Waals surface area contributed by atoms with Gasteiger partial charge in [0.25, 0.3) is 0 Å². The van der Waals surface area contributed by atoms with Crippen molar-refractivity contribution in [2.75, 3.05) is 0 Å². The van der Waals surface area contributed by atoms with Crippen LogP contribution in [0.3, 0.4) is 0 Å².